The molecular formula is C14H18N4O2S2. The van der Waals surface area contributed by atoms with Crippen LogP contribution in [0.1, 0.15) is 27.0 Å². The molecule has 0 aromatic carbocycles. The first-order chi connectivity index (χ1) is 10.8. The van der Waals surface area contributed by atoms with Crippen LogP contribution in [0.2, 0.25) is 0 Å². The summed E-state index contributed by atoms with van der Waals surface area (Å²) in [4.78, 5) is 15.2. The molecule has 1 aliphatic rings. The molecule has 0 bridgehead atoms. The summed E-state index contributed by atoms with van der Waals surface area (Å²) in [6.07, 6.45) is 3.44. The molecule has 1 fully saturated rings. The lowest BCUT2D eigenvalue weighted by molar-refractivity contribution is 0.0938. The van der Waals surface area contributed by atoms with Gasteiger partial charge in [0, 0.05) is 36.7 Å². The van der Waals surface area contributed by atoms with E-state index in [9.17, 15) is 4.79 Å². The summed E-state index contributed by atoms with van der Waals surface area (Å²) in [7, 11) is 0. The normalized spacial score (nSPS) is 17.3. The van der Waals surface area contributed by atoms with Gasteiger partial charge >= 0.3 is 0 Å². The zero-order chi connectivity index (χ0) is 15.4. The van der Waals surface area contributed by atoms with Crippen molar-refractivity contribution >= 4 is 29.2 Å². The van der Waals surface area contributed by atoms with E-state index in [2.05, 4.69) is 19.8 Å². The number of carbonyl (C=O) groups is 1. The second-order valence-corrected chi connectivity index (χ2v) is 7.10. The van der Waals surface area contributed by atoms with Crippen LogP contribution in [0.3, 0.4) is 0 Å². The van der Waals surface area contributed by atoms with E-state index in [1.54, 1.807) is 19.5 Å². The summed E-state index contributed by atoms with van der Waals surface area (Å²) < 4.78 is 9.03. The number of hydrogen-bond acceptors (Lipinski definition) is 7. The fraction of sp³-hybridized carbons (Fsp3) is 0.500. The summed E-state index contributed by atoms with van der Waals surface area (Å²) in [5.74, 6) is 2.15. The molecule has 1 N–H and O–H groups in total. The Morgan fingerprint density at radius 2 is 2.32 bits per heavy atom. The minimum Gasteiger partial charge on any atom is -0.472 e. The smallest absolute Gasteiger partial charge is 0.265 e. The van der Waals surface area contributed by atoms with Crippen molar-refractivity contribution in [2.45, 2.75) is 13.0 Å². The lowest BCUT2D eigenvalue weighted by atomic mass is 10.1. The predicted molar refractivity (Wildman–Crippen MR) is 87.3 cm³/mol. The molecule has 0 aliphatic carbocycles. The number of amides is 1. The average molecular weight is 338 g/mol. The maximum absolute atomic E-state index is 12.3. The molecule has 1 atom stereocenters. The van der Waals surface area contributed by atoms with Gasteiger partial charge < -0.3 is 9.73 Å². The van der Waals surface area contributed by atoms with E-state index in [0.29, 0.717) is 17.1 Å². The molecule has 1 saturated heterocycles. The SMILES string of the molecule is Cc1nnsc1C(=O)NCC(c1ccoc1)N1CCSCC1. The van der Waals surface area contributed by atoms with Gasteiger partial charge in [-0.25, -0.2) is 0 Å². The van der Waals surface area contributed by atoms with E-state index in [4.69, 9.17) is 4.42 Å². The van der Waals surface area contributed by atoms with Gasteiger partial charge in [0.05, 0.1) is 24.3 Å². The molecular weight excluding hydrogens is 320 g/mol. The molecule has 22 heavy (non-hydrogen) atoms. The highest BCUT2D eigenvalue weighted by Gasteiger charge is 2.24. The zero-order valence-corrected chi connectivity index (χ0v) is 14.0. The highest BCUT2D eigenvalue weighted by atomic mass is 32.2. The lowest BCUT2D eigenvalue weighted by Gasteiger charge is -2.33. The maximum atomic E-state index is 12.3. The van der Waals surface area contributed by atoms with Gasteiger partial charge in [-0.3, -0.25) is 9.69 Å². The third kappa shape index (κ3) is 3.50. The Bertz CT molecular complexity index is 608. The summed E-state index contributed by atoms with van der Waals surface area (Å²) in [5, 5.41) is 6.90. The van der Waals surface area contributed by atoms with Crippen LogP contribution in [0.25, 0.3) is 0 Å². The van der Waals surface area contributed by atoms with E-state index < -0.39 is 0 Å². The molecule has 1 amide bonds. The van der Waals surface area contributed by atoms with Crippen molar-refractivity contribution in [3.8, 4) is 0 Å². The first-order valence-corrected chi connectivity index (χ1v) is 9.09. The number of nitrogens with zero attached hydrogens (tertiary/aromatic N) is 3. The van der Waals surface area contributed by atoms with Crippen molar-refractivity contribution < 1.29 is 9.21 Å². The van der Waals surface area contributed by atoms with E-state index in [1.807, 2.05) is 17.8 Å². The molecule has 3 rings (SSSR count). The Morgan fingerprint density at radius 3 is 2.95 bits per heavy atom. The topological polar surface area (TPSA) is 71.3 Å². The number of rotatable bonds is 5. The van der Waals surface area contributed by atoms with E-state index in [-0.39, 0.29) is 11.9 Å². The van der Waals surface area contributed by atoms with Gasteiger partial charge in [-0.15, -0.1) is 5.10 Å². The Hall–Kier alpha value is -1.38. The first kappa shape index (κ1) is 15.5. The zero-order valence-electron chi connectivity index (χ0n) is 12.3. The Morgan fingerprint density at radius 1 is 1.50 bits per heavy atom. The van der Waals surface area contributed by atoms with Crippen LogP contribution in [0.4, 0.5) is 0 Å². The first-order valence-electron chi connectivity index (χ1n) is 7.16. The summed E-state index contributed by atoms with van der Waals surface area (Å²) in [6, 6.07) is 2.11. The second-order valence-electron chi connectivity index (χ2n) is 5.12. The number of furan rings is 1. The number of hydrogen-bond donors (Lipinski definition) is 1. The quantitative estimate of drug-likeness (QED) is 0.899. The van der Waals surface area contributed by atoms with Crippen molar-refractivity contribution in [3.63, 3.8) is 0 Å². The third-order valence-corrected chi connectivity index (χ3v) is 5.50. The van der Waals surface area contributed by atoms with Gasteiger partial charge in [0.2, 0.25) is 0 Å². The average Bonchev–Trinajstić information content (AvgIpc) is 3.20. The lowest BCUT2D eigenvalue weighted by Crippen LogP contribution is -2.41. The molecule has 2 aromatic heterocycles. The number of thioether (sulfide) groups is 1. The summed E-state index contributed by atoms with van der Waals surface area (Å²) >= 11 is 3.10. The number of aryl methyl sites for hydroxylation is 1. The van der Waals surface area contributed by atoms with Crippen molar-refractivity contribution in [1.29, 1.82) is 0 Å². The summed E-state index contributed by atoms with van der Waals surface area (Å²) in [5.41, 5.74) is 1.78. The Labute approximate surface area is 137 Å². The Kier molecular flexibility index (Phi) is 5.12. The van der Waals surface area contributed by atoms with Gasteiger partial charge in [-0.05, 0) is 24.5 Å². The van der Waals surface area contributed by atoms with Gasteiger partial charge in [0.25, 0.3) is 5.91 Å². The van der Waals surface area contributed by atoms with Crippen LogP contribution < -0.4 is 5.32 Å². The molecule has 0 saturated carbocycles. The highest BCUT2D eigenvalue weighted by molar-refractivity contribution is 7.99. The molecule has 118 valence electrons. The molecule has 8 heteroatoms. The van der Waals surface area contributed by atoms with Crippen LogP contribution in [0.15, 0.2) is 23.0 Å². The predicted octanol–water partition coefficient (Wildman–Crippen LogP) is 1.96. The maximum Gasteiger partial charge on any atom is 0.265 e. The molecule has 3 heterocycles. The molecule has 2 aromatic rings. The van der Waals surface area contributed by atoms with Gasteiger partial charge in [0.15, 0.2) is 0 Å². The van der Waals surface area contributed by atoms with Gasteiger partial charge in [0.1, 0.15) is 4.88 Å². The van der Waals surface area contributed by atoms with E-state index in [0.717, 1.165) is 41.7 Å². The standard InChI is InChI=1S/C14H18N4O2S2/c1-10-13(22-17-16-10)14(19)15-8-12(11-2-5-20-9-11)18-3-6-21-7-4-18/h2,5,9,12H,3-4,6-8H2,1H3,(H,15,19). The van der Waals surface area contributed by atoms with Crippen molar-refractivity contribution in [2.24, 2.45) is 0 Å². The van der Waals surface area contributed by atoms with Crippen LogP contribution in [-0.4, -0.2) is 51.5 Å². The number of carbonyl (C=O) groups excluding carboxylic acids is 1. The molecule has 6 nitrogen and oxygen atoms in total. The molecule has 0 radical (unpaired) electrons. The monoisotopic (exact) mass is 338 g/mol. The van der Waals surface area contributed by atoms with Gasteiger partial charge in [-0.2, -0.15) is 11.8 Å². The van der Waals surface area contributed by atoms with Crippen molar-refractivity contribution in [3.05, 3.63) is 34.7 Å². The third-order valence-electron chi connectivity index (χ3n) is 3.73. The van der Waals surface area contributed by atoms with Crippen LogP contribution in [-0.2, 0) is 0 Å². The second kappa shape index (κ2) is 7.26. The highest BCUT2D eigenvalue weighted by Crippen LogP contribution is 2.24. The van der Waals surface area contributed by atoms with Crippen LogP contribution in [0, 0.1) is 6.92 Å². The van der Waals surface area contributed by atoms with Gasteiger partial charge in [-0.1, -0.05) is 4.49 Å². The minimum atomic E-state index is -0.104. The largest absolute Gasteiger partial charge is 0.472 e. The summed E-state index contributed by atoms with van der Waals surface area (Å²) in [6.45, 7) is 4.41. The number of aromatic nitrogens is 2. The van der Waals surface area contributed by atoms with Crippen LogP contribution >= 0.6 is 23.3 Å². The fourth-order valence-electron chi connectivity index (χ4n) is 2.52. The van der Waals surface area contributed by atoms with Crippen LogP contribution in [0.5, 0.6) is 0 Å². The fourth-order valence-corrected chi connectivity index (χ4v) is 4.03. The molecule has 1 aliphatic heterocycles. The number of nitrogens with one attached hydrogen (secondary N) is 1. The van der Waals surface area contributed by atoms with Crippen molar-refractivity contribution in [2.75, 3.05) is 31.1 Å². The van der Waals surface area contributed by atoms with E-state index in [1.165, 1.54) is 0 Å². The Balaban J connectivity index is 1.68. The molecule has 0 spiro atoms. The molecule has 1 unspecified atom stereocenters. The van der Waals surface area contributed by atoms with E-state index >= 15 is 0 Å². The van der Waals surface area contributed by atoms with Crippen molar-refractivity contribution in [1.82, 2.24) is 19.8 Å². The minimum absolute atomic E-state index is 0.104.